The van der Waals surface area contributed by atoms with E-state index < -0.39 is 10.0 Å². The van der Waals surface area contributed by atoms with Gasteiger partial charge in [-0.3, -0.25) is 0 Å². The van der Waals surface area contributed by atoms with Crippen LogP contribution >= 0.6 is 38.6 Å². The fourth-order valence-corrected chi connectivity index (χ4v) is 6.07. The molecular weight excluding hydrogens is 504 g/mol. The van der Waals surface area contributed by atoms with Crippen molar-refractivity contribution in [3.63, 3.8) is 0 Å². The van der Waals surface area contributed by atoms with Gasteiger partial charge >= 0.3 is 0 Å². The zero-order valence-corrected chi connectivity index (χ0v) is 19.4. The zero-order chi connectivity index (χ0) is 20.9. The highest BCUT2D eigenvalue weighted by atomic mass is 79.9. The van der Waals surface area contributed by atoms with Crippen molar-refractivity contribution in [2.75, 3.05) is 5.01 Å². The fraction of sp³-hybridized carbons (Fsp3) is 0.100. The van der Waals surface area contributed by atoms with Crippen LogP contribution < -0.4 is 10.1 Å². The van der Waals surface area contributed by atoms with Crippen LogP contribution in [0.4, 0.5) is 5.13 Å². The number of thiophene rings is 1. The van der Waals surface area contributed by atoms with E-state index in [-0.39, 0.29) is 10.9 Å². The lowest BCUT2D eigenvalue weighted by Crippen LogP contribution is -2.17. The Morgan fingerprint density at radius 2 is 1.93 bits per heavy atom. The second kappa shape index (κ2) is 7.54. The molecule has 4 aromatic rings. The second-order valence-electron chi connectivity index (χ2n) is 6.80. The van der Waals surface area contributed by atoms with Gasteiger partial charge in [0.05, 0.1) is 26.9 Å². The number of anilines is 1. The summed E-state index contributed by atoms with van der Waals surface area (Å²) < 4.78 is 25.2. The number of benzene rings is 2. The van der Waals surface area contributed by atoms with Crippen molar-refractivity contribution in [1.29, 1.82) is 0 Å². The van der Waals surface area contributed by atoms with Crippen molar-refractivity contribution in [3.05, 3.63) is 74.9 Å². The average Bonchev–Trinajstić information content (AvgIpc) is 3.45. The minimum atomic E-state index is -3.76. The number of nitrogens with zero attached hydrogens (tertiary/aromatic N) is 3. The lowest BCUT2D eigenvalue weighted by molar-refractivity contribution is 0.598. The minimum Gasteiger partial charge on any atom is -0.230 e. The summed E-state index contributed by atoms with van der Waals surface area (Å²) in [6.07, 6.45) is 0.764. The van der Waals surface area contributed by atoms with E-state index in [1.165, 1.54) is 22.3 Å². The first-order valence-electron chi connectivity index (χ1n) is 8.98. The number of hydrazone groups is 1. The minimum absolute atomic E-state index is 0.0434. The Balaban J connectivity index is 1.59. The normalized spacial score (nSPS) is 16.9. The first-order chi connectivity index (χ1) is 14.4. The molecule has 152 valence electrons. The van der Waals surface area contributed by atoms with Gasteiger partial charge in [0.1, 0.15) is 0 Å². The van der Waals surface area contributed by atoms with Crippen LogP contribution in [0, 0.1) is 0 Å². The molecule has 0 radical (unpaired) electrons. The standard InChI is InChI=1S/C20H15BrN4O2S3/c21-13-5-3-12(4-6-13)16-11-17(18-2-1-9-28-18)25(24-16)20-23-15-8-7-14(30(22,26)27)10-19(15)29-20/h1-10,17H,11H2,(H2,22,26,27). The number of hydrogen-bond acceptors (Lipinski definition) is 7. The van der Waals surface area contributed by atoms with E-state index in [2.05, 4.69) is 39.5 Å². The number of nitrogens with two attached hydrogens (primary N) is 1. The Morgan fingerprint density at radius 3 is 2.63 bits per heavy atom. The molecule has 0 spiro atoms. The molecule has 1 aliphatic heterocycles. The van der Waals surface area contributed by atoms with Crippen molar-refractivity contribution in [2.45, 2.75) is 17.4 Å². The van der Waals surface area contributed by atoms with E-state index >= 15 is 0 Å². The number of fused-ring (bicyclic) bond motifs is 1. The number of sulfonamides is 1. The molecule has 30 heavy (non-hydrogen) atoms. The molecule has 5 rings (SSSR count). The third-order valence-corrected chi connectivity index (χ3v) is 8.25. The van der Waals surface area contributed by atoms with Crippen molar-refractivity contribution in [2.24, 2.45) is 10.2 Å². The molecule has 2 aromatic heterocycles. The van der Waals surface area contributed by atoms with Gasteiger partial charge < -0.3 is 0 Å². The van der Waals surface area contributed by atoms with E-state index in [9.17, 15) is 8.42 Å². The number of thiazole rings is 1. The maximum absolute atomic E-state index is 11.7. The smallest absolute Gasteiger partial charge is 0.230 e. The summed E-state index contributed by atoms with van der Waals surface area (Å²) in [7, 11) is -3.76. The molecule has 1 unspecified atom stereocenters. The van der Waals surface area contributed by atoms with Crippen molar-refractivity contribution < 1.29 is 8.42 Å². The van der Waals surface area contributed by atoms with Crippen molar-refractivity contribution in [3.8, 4) is 0 Å². The van der Waals surface area contributed by atoms with Gasteiger partial charge in [-0.2, -0.15) is 5.10 Å². The van der Waals surface area contributed by atoms with Gasteiger partial charge in [-0.15, -0.1) is 11.3 Å². The number of aromatic nitrogens is 1. The molecule has 1 atom stereocenters. The second-order valence-corrected chi connectivity index (χ2v) is 11.3. The molecule has 6 nitrogen and oxygen atoms in total. The molecule has 10 heteroatoms. The van der Waals surface area contributed by atoms with Crippen LogP contribution in [0.1, 0.15) is 22.9 Å². The maximum Gasteiger partial charge on any atom is 0.238 e. The Morgan fingerprint density at radius 1 is 1.13 bits per heavy atom. The largest absolute Gasteiger partial charge is 0.238 e. The first-order valence-corrected chi connectivity index (χ1v) is 13.0. The van der Waals surface area contributed by atoms with Crippen LogP contribution in [0.2, 0.25) is 0 Å². The molecule has 3 heterocycles. The number of halogens is 1. The Labute approximate surface area is 189 Å². The number of rotatable bonds is 4. The fourth-order valence-electron chi connectivity index (χ4n) is 3.37. The Hall–Kier alpha value is -2.11. The Kier molecular flexibility index (Phi) is 4.98. The summed E-state index contributed by atoms with van der Waals surface area (Å²) in [4.78, 5) is 6.01. The topological polar surface area (TPSA) is 88.7 Å². The van der Waals surface area contributed by atoms with Gasteiger partial charge in [-0.25, -0.2) is 23.5 Å². The number of hydrogen-bond donors (Lipinski definition) is 1. The molecule has 0 saturated carbocycles. The lowest BCUT2D eigenvalue weighted by atomic mass is 10.0. The monoisotopic (exact) mass is 518 g/mol. The molecule has 0 saturated heterocycles. The van der Waals surface area contributed by atoms with E-state index in [4.69, 9.17) is 15.2 Å². The summed E-state index contributed by atoms with van der Waals surface area (Å²) >= 11 is 6.58. The lowest BCUT2D eigenvalue weighted by Gasteiger charge is -2.19. The van der Waals surface area contributed by atoms with Gasteiger partial charge in [0.2, 0.25) is 15.2 Å². The van der Waals surface area contributed by atoms with Crippen LogP contribution in [0.15, 0.2) is 74.4 Å². The average molecular weight is 519 g/mol. The predicted octanol–water partition coefficient (Wildman–Crippen LogP) is 5.12. The third-order valence-electron chi connectivity index (χ3n) is 4.83. The van der Waals surface area contributed by atoms with E-state index in [0.29, 0.717) is 0 Å². The summed E-state index contributed by atoms with van der Waals surface area (Å²) in [5, 5.41) is 14.9. The Bertz CT molecular complexity index is 1360. The van der Waals surface area contributed by atoms with Crippen LogP contribution in [-0.4, -0.2) is 19.1 Å². The van der Waals surface area contributed by atoms with Crippen molar-refractivity contribution in [1.82, 2.24) is 4.98 Å². The highest BCUT2D eigenvalue weighted by molar-refractivity contribution is 9.10. The highest BCUT2D eigenvalue weighted by Crippen LogP contribution is 2.41. The summed E-state index contributed by atoms with van der Waals surface area (Å²) in [6.45, 7) is 0. The van der Waals surface area contributed by atoms with Gasteiger partial charge in [0, 0.05) is 15.8 Å². The molecule has 0 aliphatic carbocycles. The summed E-state index contributed by atoms with van der Waals surface area (Å²) in [5.41, 5.74) is 2.78. The van der Waals surface area contributed by atoms with Crippen LogP contribution in [0.25, 0.3) is 10.2 Å². The quantitative estimate of drug-likeness (QED) is 0.405. The van der Waals surface area contributed by atoms with Gasteiger partial charge in [0.15, 0.2) is 0 Å². The molecule has 1 aliphatic rings. The van der Waals surface area contributed by atoms with Gasteiger partial charge in [-0.1, -0.05) is 45.5 Å². The zero-order valence-electron chi connectivity index (χ0n) is 15.4. The van der Waals surface area contributed by atoms with Crippen LogP contribution in [0.5, 0.6) is 0 Å². The molecule has 2 N–H and O–H groups in total. The summed E-state index contributed by atoms with van der Waals surface area (Å²) in [5.74, 6) is 0. The van der Waals surface area contributed by atoms with Crippen molar-refractivity contribution >= 4 is 69.7 Å². The van der Waals surface area contributed by atoms with Gasteiger partial charge in [-0.05, 0) is 47.3 Å². The van der Waals surface area contributed by atoms with Gasteiger partial charge in [0.25, 0.3) is 0 Å². The van der Waals surface area contributed by atoms with E-state index in [0.717, 1.165) is 37.5 Å². The molecule has 2 aromatic carbocycles. The highest BCUT2D eigenvalue weighted by Gasteiger charge is 2.32. The van der Waals surface area contributed by atoms with E-state index in [1.54, 1.807) is 23.5 Å². The molecule has 0 fully saturated rings. The van der Waals surface area contributed by atoms with Crippen LogP contribution in [0.3, 0.4) is 0 Å². The number of primary sulfonamides is 1. The maximum atomic E-state index is 11.7. The van der Waals surface area contributed by atoms with Crippen LogP contribution in [-0.2, 0) is 10.0 Å². The molecule has 0 amide bonds. The molecular formula is C20H15BrN4O2S3. The first kappa shape index (κ1) is 19.8. The summed E-state index contributed by atoms with van der Waals surface area (Å²) in [6, 6.07) is 17.0. The predicted molar refractivity (Wildman–Crippen MR) is 126 cm³/mol. The third kappa shape index (κ3) is 3.69. The molecule has 0 bridgehead atoms. The van der Waals surface area contributed by atoms with E-state index in [1.807, 2.05) is 23.2 Å². The SMILES string of the molecule is NS(=O)(=O)c1ccc2nc(N3N=C(c4ccc(Br)cc4)CC3c3cccs3)sc2c1.